The van der Waals surface area contributed by atoms with Gasteiger partial charge in [-0.3, -0.25) is 20.2 Å². The lowest BCUT2D eigenvalue weighted by atomic mass is 10.2. The van der Waals surface area contributed by atoms with E-state index in [4.69, 9.17) is 0 Å². The fourth-order valence-corrected chi connectivity index (χ4v) is 2.35. The maximum atomic E-state index is 10.8. The predicted molar refractivity (Wildman–Crippen MR) is 107 cm³/mol. The molecule has 1 aromatic heterocycles. The van der Waals surface area contributed by atoms with E-state index in [0.29, 0.717) is 17.2 Å². The first-order chi connectivity index (χ1) is 13.8. The van der Waals surface area contributed by atoms with E-state index in [-0.39, 0.29) is 29.2 Å². The van der Waals surface area contributed by atoms with Crippen molar-refractivity contribution in [3.05, 3.63) is 74.6 Å². The van der Waals surface area contributed by atoms with Crippen LogP contribution < -0.4 is 10.6 Å². The number of nitrogens with one attached hydrogen (secondary N) is 2. The summed E-state index contributed by atoms with van der Waals surface area (Å²) >= 11 is 0. The lowest BCUT2D eigenvalue weighted by Crippen LogP contribution is -2.08. The van der Waals surface area contributed by atoms with Crippen molar-refractivity contribution < 1.29 is 9.85 Å². The lowest BCUT2D eigenvalue weighted by Gasteiger charge is -2.12. The highest BCUT2D eigenvalue weighted by atomic mass is 16.6. The van der Waals surface area contributed by atoms with Gasteiger partial charge in [0.2, 0.25) is 11.9 Å². The van der Waals surface area contributed by atoms with E-state index in [1.54, 1.807) is 24.3 Å². The Bertz CT molecular complexity index is 959. The lowest BCUT2D eigenvalue weighted by molar-refractivity contribution is -0.385. The molecule has 0 atom stereocenters. The molecule has 0 saturated heterocycles. The summed E-state index contributed by atoms with van der Waals surface area (Å²) in [5.74, 6) is 1.09. The van der Waals surface area contributed by atoms with E-state index in [2.05, 4.69) is 25.6 Å². The number of nitrogens with zero attached hydrogens (tertiary/aromatic N) is 5. The highest BCUT2D eigenvalue weighted by Gasteiger charge is 2.12. The van der Waals surface area contributed by atoms with Crippen LogP contribution in [0.25, 0.3) is 0 Å². The van der Waals surface area contributed by atoms with Gasteiger partial charge in [0.05, 0.1) is 9.85 Å². The van der Waals surface area contributed by atoms with Crippen LogP contribution in [-0.2, 0) is 0 Å². The quantitative estimate of drug-likeness (QED) is 0.441. The number of non-ortho nitro benzene ring substituents is 2. The summed E-state index contributed by atoms with van der Waals surface area (Å²) in [5, 5.41) is 27.5. The fourth-order valence-electron chi connectivity index (χ4n) is 2.35. The van der Waals surface area contributed by atoms with Crippen molar-refractivity contribution in [3.8, 4) is 0 Å². The summed E-state index contributed by atoms with van der Waals surface area (Å²) < 4.78 is 0. The van der Waals surface area contributed by atoms with Crippen LogP contribution in [0.2, 0.25) is 0 Å². The second kappa shape index (κ2) is 8.25. The third kappa shape index (κ3) is 4.97. The van der Waals surface area contributed by atoms with Crippen molar-refractivity contribution in [1.29, 1.82) is 0 Å². The number of benzene rings is 2. The maximum Gasteiger partial charge on any atom is 0.269 e. The van der Waals surface area contributed by atoms with Crippen LogP contribution in [0.4, 0.5) is 34.6 Å². The van der Waals surface area contributed by atoms with Gasteiger partial charge in [0.15, 0.2) is 0 Å². The first-order valence-corrected chi connectivity index (χ1v) is 8.61. The molecule has 0 spiro atoms. The molecule has 0 saturated carbocycles. The van der Waals surface area contributed by atoms with E-state index in [9.17, 15) is 20.2 Å². The van der Waals surface area contributed by atoms with Gasteiger partial charge in [-0.1, -0.05) is 13.8 Å². The number of nitro benzene ring substituents is 2. The van der Waals surface area contributed by atoms with Gasteiger partial charge in [-0.2, -0.15) is 15.0 Å². The number of hydrogen-bond acceptors (Lipinski definition) is 9. The van der Waals surface area contributed by atoms with Gasteiger partial charge in [-0.25, -0.2) is 0 Å². The Labute approximate surface area is 165 Å². The fraction of sp³-hybridized carbons (Fsp3) is 0.167. The molecule has 0 amide bonds. The van der Waals surface area contributed by atoms with Crippen LogP contribution in [0.5, 0.6) is 0 Å². The molecule has 3 rings (SSSR count). The van der Waals surface area contributed by atoms with Crippen molar-refractivity contribution >= 4 is 34.6 Å². The smallest absolute Gasteiger partial charge is 0.269 e. The summed E-state index contributed by atoms with van der Waals surface area (Å²) in [5.41, 5.74) is 1.12. The number of anilines is 4. The molecule has 0 radical (unpaired) electrons. The van der Waals surface area contributed by atoms with E-state index < -0.39 is 9.85 Å². The number of nitro groups is 2. The summed E-state index contributed by atoms with van der Waals surface area (Å²) in [4.78, 5) is 33.6. The van der Waals surface area contributed by atoms with Crippen LogP contribution in [0.15, 0.2) is 48.5 Å². The molecule has 0 unspecified atom stereocenters. The molecule has 3 aromatic rings. The Hall–Kier alpha value is -4.15. The Morgan fingerprint density at radius 3 is 1.41 bits per heavy atom. The molecule has 11 heteroatoms. The summed E-state index contributed by atoms with van der Waals surface area (Å²) in [6.07, 6.45) is 0. The summed E-state index contributed by atoms with van der Waals surface area (Å²) in [7, 11) is 0. The first-order valence-electron chi connectivity index (χ1n) is 8.61. The minimum Gasteiger partial charge on any atom is -0.324 e. The number of aromatic nitrogens is 3. The van der Waals surface area contributed by atoms with Crippen LogP contribution in [0, 0.1) is 20.2 Å². The van der Waals surface area contributed by atoms with Crippen molar-refractivity contribution in [2.24, 2.45) is 0 Å². The second-order valence-electron chi connectivity index (χ2n) is 6.35. The van der Waals surface area contributed by atoms with E-state index in [0.717, 1.165) is 0 Å². The summed E-state index contributed by atoms with van der Waals surface area (Å²) in [6.45, 7) is 3.86. The standard InChI is InChI=1S/C18H17N7O4/c1-11(2)16-21-17(19-12-3-7-14(8-4-12)24(26)27)23-18(22-16)20-13-5-9-15(10-6-13)25(28)29/h3-11H,1-2H3,(H2,19,20,21,22,23). The predicted octanol–water partition coefficient (Wildman–Crippen LogP) is 4.30. The molecule has 29 heavy (non-hydrogen) atoms. The van der Waals surface area contributed by atoms with Gasteiger partial charge in [0.1, 0.15) is 5.82 Å². The molecule has 2 aromatic carbocycles. The van der Waals surface area contributed by atoms with Gasteiger partial charge < -0.3 is 10.6 Å². The molecule has 0 fully saturated rings. The topological polar surface area (TPSA) is 149 Å². The molecule has 11 nitrogen and oxygen atoms in total. The van der Waals surface area contributed by atoms with Crippen LogP contribution in [0.3, 0.4) is 0 Å². The SMILES string of the molecule is CC(C)c1nc(Nc2ccc([N+](=O)[O-])cc2)nc(Nc2ccc([N+](=O)[O-])cc2)n1. The zero-order valence-corrected chi connectivity index (χ0v) is 15.6. The van der Waals surface area contributed by atoms with Crippen molar-refractivity contribution in [3.63, 3.8) is 0 Å². The molecular formula is C18H17N7O4. The molecule has 148 valence electrons. The molecular weight excluding hydrogens is 378 g/mol. The third-order valence-corrected chi connectivity index (χ3v) is 3.84. The first kappa shape index (κ1) is 19.6. The Morgan fingerprint density at radius 2 is 1.10 bits per heavy atom. The van der Waals surface area contributed by atoms with Crippen LogP contribution in [-0.4, -0.2) is 24.8 Å². The minimum atomic E-state index is -0.476. The Balaban J connectivity index is 1.85. The average Bonchev–Trinajstić information content (AvgIpc) is 2.68. The zero-order chi connectivity index (χ0) is 21.0. The Kier molecular flexibility index (Phi) is 5.58. The van der Waals surface area contributed by atoms with Crippen molar-refractivity contribution in [2.75, 3.05) is 10.6 Å². The van der Waals surface area contributed by atoms with Gasteiger partial charge in [0.25, 0.3) is 11.4 Å². The molecule has 0 bridgehead atoms. The van der Waals surface area contributed by atoms with E-state index in [1.165, 1.54) is 24.3 Å². The monoisotopic (exact) mass is 395 g/mol. The molecule has 2 N–H and O–H groups in total. The number of hydrogen-bond donors (Lipinski definition) is 2. The van der Waals surface area contributed by atoms with Gasteiger partial charge in [-0.15, -0.1) is 0 Å². The van der Waals surface area contributed by atoms with Gasteiger partial charge in [-0.05, 0) is 24.3 Å². The molecule has 0 aliphatic carbocycles. The average molecular weight is 395 g/mol. The largest absolute Gasteiger partial charge is 0.324 e. The van der Waals surface area contributed by atoms with Gasteiger partial charge in [0, 0.05) is 41.6 Å². The number of rotatable bonds is 7. The second-order valence-corrected chi connectivity index (χ2v) is 6.35. The van der Waals surface area contributed by atoms with Crippen LogP contribution in [0.1, 0.15) is 25.6 Å². The normalized spacial score (nSPS) is 10.6. The van der Waals surface area contributed by atoms with Crippen molar-refractivity contribution in [2.45, 2.75) is 19.8 Å². The zero-order valence-electron chi connectivity index (χ0n) is 15.6. The van der Waals surface area contributed by atoms with Crippen LogP contribution >= 0.6 is 0 Å². The third-order valence-electron chi connectivity index (χ3n) is 3.84. The molecule has 0 aliphatic rings. The van der Waals surface area contributed by atoms with E-state index in [1.807, 2.05) is 13.8 Å². The summed E-state index contributed by atoms with van der Waals surface area (Å²) in [6, 6.07) is 11.7. The molecule has 0 aliphatic heterocycles. The highest BCUT2D eigenvalue weighted by Crippen LogP contribution is 2.22. The Morgan fingerprint density at radius 1 is 0.724 bits per heavy atom. The highest BCUT2D eigenvalue weighted by molar-refractivity contribution is 5.59. The minimum absolute atomic E-state index is 0.0189. The van der Waals surface area contributed by atoms with E-state index >= 15 is 0 Å². The van der Waals surface area contributed by atoms with Gasteiger partial charge >= 0.3 is 0 Å². The van der Waals surface area contributed by atoms with Crippen molar-refractivity contribution in [1.82, 2.24) is 15.0 Å². The molecule has 1 heterocycles. The maximum absolute atomic E-state index is 10.8.